The zero-order chi connectivity index (χ0) is 15.3. The molecule has 0 aliphatic rings. The summed E-state index contributed by atoms with van der Waals surface area (Å²) in [7, 11) is -4.20. The summed E-state index contributed by atoms with van der Waals surface area (Å²) in [6, 6.07) is 0.925. The van der Waals surface area contributed by atoms with E-state index in [1.54, 1.807) is 0 Å². The van der Waals surface area contributed by atoms with E-state index in [9.17, 15) is 18.0 Å². The van der Waals surface area contributed by atoms with Gasteiger partial charge in [0.15, 0.2) is 0 Å². The van der Waals surface area contributed by atoms with Crippen LogP contribution >= 0.6 is 11.6 Å². The number of hydrogen-bond acceptors (Lipinski definition) is 5. The summed E-state index contributed by atoms with van der Waals surface area (Å²) in [5.41, 5.74) is 0. The Morgan fingerprint density at radius 2 is 2.05 bits per heavy atom. The lowest BCUT2D eigenvalue weighted by molar-refractivity contribution is -0.140. The van der Waals surface area contributed by atoms with Gasteiger partial charge in [0.05, 0.1) is 0 Å². The molecule has 0 fully saturated rings. The van der Waals surface area contributed by atoms with Crippen molar-refractivity contribution in [3.63, 3.8) is 0 Å². The summed E-state index contributed by atoms with van der Waals surface area (Å²) in [5.74, 6) is -2.70. The molecule has 0 unspecified atom stereocenters. The van der Waals surface area contributed by atoms with Gasteiger partial charge in [0.2, 0.25) is 10.0 Å². The summed E-state index contributed by atoms with van der Waals surface area (Å²) in [6.45, 7) is 0. The van der Waals surface area contributed by atoms with E-state index in [1.165, 1.54) is 12.3 Å². The van der Waals surface area contributed by atoms with Crippen molar-refractivity contribution in [1.29, 1.82) is 0 Å². The molecule has 110 valence electrons. The van der Waals surface area contributed by atoms with Gasteiger partial charge in [0.1, 0.15) is 16.1 Å². The molecule has 3 N–H and O–H groups in total. The van der Waals surface area contributed by atoms with Gasteiger partial charge in [-0.2, -0.15) is 4.72 Å². The van der Waals surface area contributed by atoms with Gasteiger partial charge < -0.3 is 10.2 Å². The first-order valence-electron chi connectivity index (χ1n) is 5.31. The second kappa shape index (κ2) is 6.64. The molecular formula is C10H11ClN2O6S. The van der Waals surface area contributed by atoms with Gasteiger partial charge in [-0.3, -0.25) is 9.59 Å². The Morgan fingerprint density at radius 1 is 1.40 bits per heavy atom. The number of carboxylic acids is 2. The molecule has 0 saturated carbocycles. The molecule has 0 saturated heterocycles. The fourth-order valence-electron chi connectivity index (χ4n) is 1.32. The van der Waals surface area contributed by atoms with Crippen LogP contribution in [0.5, 0.6) is 0 Å². The largest absolute Gasteiger partial charge is 0.481 e. The smallest absolute Gasteiger partial charge is 0.321 e. The van der Waals surface area contributed by atoms with E-state index >= 15 is 0 Å². The molecule has 0 aliphatic carbocycles. The van der Waals surface area contributed by atoms with E-state index in [-0.39, 0.29) is 16.5 Å². The van der Waals surface area contributed by atoms with Crippen LogP contribution in [0.15, 0.2) is 23.2 Å². The van der Waals surface area contributed by atoms with Gasteiger partial charge in [-0.05, 0) is 18.6 Å². The third-order valence-electron chi connectivity index (χ3n) is 2.26. The maximum Gasteiger partial charge on any atom is 0.321 e. The Balaban J connectivity index is 2.95. The van der Waals surface area contributed by atoms with Crippen molar-refractivity contribution in [3.8, 4) is 0 Å². The number of hydrogen-bond donors (Lipinski definition) is 3. The number of sulfonamides is 1. The molecule has 0 amide bonds. The van der Waals surface area contributed by atoms with Crippen LogP contribution in [-0.4, -0.2) is 41.6 Å². The van der Waals surface area contributed by atoms with Crippen LogP contribution in [0.3, 0.4) is 0 Å². The maximum absolute atomic E-state index is 12.0. The number of halogens is 1. The number of carboxylic acid groups (broad SMARTS) is 2. The highest BCUT2D eigenvalue weighted by molar-refractivity contribution is 7.89. The normalized spacial score (nSPS) is 12.8. The standard InChI is InChI=1S/C10H11ClN2O6S/c11-9-7(2-1-5-12-9)20(18,19)13-6(10(16)17)3-4-8(14)15/h1-2,5-6,13H,3-4H2,(H,14,15)(H,16,17)/t6-/m0/s1. The Hall–Kier alpha value is -1.71. The molecule has 20 heavy (non-hydrogen) atoms. The molecule has 1 heterocycles. The van der Waals surface area contributed by atoms with E-state index in [1.807, 2.05) is 4.72 Å². The van der Waals surface area contributed by atoms with Gasteiger partial charge in [0.25, 0.3) is 0 Å². The average Bonchev–Trinajstić information content (AvgIpc) is 2.34. The van der Waals surface area contributed by atoms with Crippen molar-refractivity contribution in [2.75, 3.05) is 0 Å². The second-order valence-electron chi connectivity index (χ2n) is 3.74. The molecule has 1 rings (SSSR count). The van der Waals surface area contributed by atoms with E-state index in [2.05, 4.69) is 4.98 Å². The van der Waals surface area contributed by atoms with Crippen molar-refractivity contribution in [1.82, 2.24) is 9.71 Å². The lowest BCUT2D eigenvalue weighted by Crippen LogP contribution is -2.41. The molecular weight excluding hydrogens is 312 g/mol. The predicted molar refractivity (Wildman–Crippen MR) is 67.9 cm³/mol. The van der Waals surface area contributed by atoms with Crippen LogP contribution in [0, 0.1) is 0 Å². The first kappa shape index (κ1) is 16.3. The number of rotatable bonds is 7. The number of carbonyl (C=O) groups is 2. The fourth-order valence-corrected chi connectivity index (χ4v) is 3.00. The highest BCUT2D eigenvalue weighted by Gasteiger charge is 2.27. The minimum Gasteiger partial charge on any atom is -0.481 e. The molecule has 0 spiro atoms. The lowest BCUT2D eigenvalue weighted by atomic mass is 10.2. The van der Waals surface area contributed by atoms with Crippen molar-refractivity contribution in [3.05, 3.63) is 23.5 Å². The van der Waals surface area contributed by atoms with E-state index in [4.69, 9.17) is 21.8 Å². The van der Waals surface area contributed by atoms with Crippen molar-refractivity contribution in [2.24, 2.45) is 0 Å². The Bertz CT molecular complexity index is 618. The van der Waals surface area contributed by atoms with E-state index in [0.717, 1.165) is 6.07 Å². The van der Waals surface area contributed by atoms with Gasteiger partial charge in [0, 0.05) is 12.6 Å². The van der Waals surface area contributed by atoms with Crippen molar-refractivity contribution < 1.29 is 28.2 Å². The first-order valence-corrected chi connectivity index (χ1v) is 7.17. The van der Waals surface area contributed by atoms with Crippen LogP contribution in [0.2, 0.25) is 5.15 Å². The number of aromatic nitrogens is 1. The highest BCUT2D eigenvalue weighted by Crippen LogP contribution is 2.18. The van der Waals surface area contributed by atoms with Crippen LogP contribution in [0.4, 0.5) is 0 Å². The molecule has 1 aromatic heterocycles. The van der Waals surface area contributed by atoms with Crippen LogP contribution in [0.1, 0.15) is 12.8 Å². The minimum atomic E-state index is -4.20. The zero-order valence-electron chi connectivity index (χ0n) is 9.98. The molecule has 0 radical (unpaired) electrons. The summed E-state index contributed by atoms with van der Waals surface area (Å²) in [4.78, 5) is 24.6. The molecule has 0 aromatic carbocycles. The molecule has 0 aliphatic heterocycles. The van der Waals surface area contributed by atoms with Gasteiger partial charge in [-0.15, -0.1) is 0 Å². The third kappa shape index (κ3) is 4.44. The van der Waals surface area contributed by atoms with Gasteiger partial charge in [-0.25, -0.2) is 13.4 Å². The molecule has 1 aromatic rings. The minimum absolute atomic E-state index is 0.303. The van der Waals surface area contributed by atoms with E-state index < -0.39 is 34.4 Å². The predicted octanol–water partition coefficient (Wildman–Crippen LogP) is 0.331. The number of pyridine rings is 1. The summed E-state index contributed by atoms with van der Waals surface area (Å²) >= 11 is 5.63. The summed E-state index contributed by atoms with van der Waals surface area (Å²) < 4.78 is 25.8. The van der Waals surface area contributed by atoms with Crippen molar-refractivity contribution >= 4 is 33.6 Å². The second-order valence-corrected chi connectivity index (χ2v) is 5.78. The van der Waals surface area contributed by atoms with E-state index in [0.29, 0.717) is 0 Å². The number of aliphatic carboxylic acids is 2. The fraction of sp³-hybridized carbons (Fsp3) is 0.300. The quantitative estimate of drug-likeness (QED) is 0.616. The molecule has 0 bridgehead atoms. The Labute approximate surface area is 119 Å². The number of nitrogens with one attached hydrogen (secondary N) is 1. The topological polar surface area (TPSA) is 134 Å². The summed E-state index contributed by atoms with van der Waals surface area (Å²) in [6.07, 6.45) is 0.405. The van der Waals surface area contributed by atoms with Crippen LogP contribution in [0.25, 0.3) is 0 Å². The zero-order valence-corrected chi connectivity index (χ0v) is 11.6. The third-order valence-corrected chi connectivity index (χ3v) is 4.17. The van der Waals surface area contributed by atoms with Gasteiger partial charge >= 0.3 is 11.9 Å². The Morgan fingerprint density at radius 3 is 2.55 bits per heavy atom. The summed E-state index contributed by atoms with van der Waals surface area (Å²) in [5, 5.41) is 17.1. The van der Waals surface area contributed by atoms with Crippen LogP contribution < -0.4 is 4.72 Å². The van der Waals surface area contributed by atoms with Crippen molar-refractivity contribution in [2.45, 2.75) is 23.8 Å². The molecule has 10 heteroatoms. The molecule has 1 atom stereocenters. The average molecular weight is 323 g/mol. The number of nitrogens with zero attached hydrogens (tertiary/aromatic N) is 1. The molecule has 8 nitrogen and oxygen atoms in total. The van der Waals surface area contributed by atoms with Gasteiger partial charge in [-0.1, -0.05) is 11.6 Å². The SMILES string of the molecule is O=C(O)CC[C@H](NS(=O)(=O)c1cccnc1Cl)C(=O)O. The Kier molecular flexibility index (Phi) is 5.43. The van der Waals surface area contributed by atoms with Crippen LogP contribution in [-0.2, 0) is 19.6 Å². The first-order chi connectivity index (χ1) is 9.24. The lowest BCUT2D eigenvalue weighted by Gasteiger charge is -2.14. The highest BCUT2D eigenvalue weighted by atomic mass is 35.5. The monoisotopic (exact) mass is 322 g/mol. The maximum atomic E-state index is 12.0.